The molecule has 2 N–H and O–H groups in total. The Bertz CT molecular complexity index is 943. The first-order valence-electron chi connectivity index (χ1n) is 11.5. The third kappa shape index (κ3) is 7.08. The predicted octanol–water partition coefficient (Wildman–Crippen LogP) is 3.96. The fourth-order valence-electron chi connectivity index (χ4n) is 4.01. The molecule has 0 aliphatic carbocycles. The van der Waals surface area contributed by atoms with Crippen molar-refractivity contribution in [2.75, 3.05) is 25.0 Å². The lowest BCUT2D eigenvalue weighted by atomic mass is 10.1. The summed E-state index contributed by atoms with van der Waals surface area (Å²) in [5, 5.41) is 3.45. The molecule has 0 radical (unpaired) electrons. The van der Waals surface area contributed by atoms with Crippen LogP contribution < -0.4 is 10.8 Å². The zero-order valence-electron chi connectivity index (χ0n) is 18.9. The number of likely N-dealkylation sites (tertiary alicyclic amines) is 1. The van der Waals surface area contributed by atoms with Crippen LogP contribution >= 0.6 is 0 Å². The first kappa shape index (κ1) is 23.4. The van der Waals surface area contributed by atoms with Crippen molar-refractivity contribution in [3.05, 3.63) is 65.1 Å². The Kier molecular flexibility index (Phi) is 8.04. The number of halogens is 1. The molecule has 0 saturated carbocycles. The number of ether oxygens (including phenoxy) is 1. The van der Waals surface area contributed by atoms with E-state index >= 15 is 0 Å². The van der Waals surface area contributed by atoms with Gasteiger partial charge in [0.2, 0.25) is 0 Å². The zero-order chi connectivity index (χ0) is 23.0. The number of anilines is 1. The standard InChI is InChI=1S/C25H31FN4O3/c1-18-5-7-19(8-6-18)16-30-12-11-21(17-30)28-23-10-9-20(15-27-23)14-22(26)25(31)29-33-24-4-2-3-13-32-24/h5-10,14-15,21,24H,2-4,11-13,16-17H2,1H3,(H,27,28)(H,29,31)/b22-14-/t21-,24?/m1/s1. The largest absolute Gasteiger partial charge is 0.366 e. The summed E-state index contributed by atoms with van der Waals surface area (Å²) in [6.45, 7) is 5.58. The smallest absolute Gasteiger partial charge is 0.303 e. The van der Waals surface area contributed by atoms with E-state index in [4.69, 9.17) is 9.57 Å². The molecule has 1 amide bonds. The number of aryl methyl sites for hydroxylation is 1. The number of amides is 1. The number of carbonyl (C=O) groups excluding carboxylic acids is 1. The second-order valence-electron chi connectivity index (χ2n) is 8.66. The summed E-state index contributed by atoms with van der Waals surface area (Å²) < 4.78 is 19.5. The maximum Gasteiger partial charge on any atom is 0.303 e. The van der Waals surface area contributed by atoms with Gasteiger partial charge in [-0.1, -0.05) is 29.8 Å². The number of carbonyl (C=O) groups is 1. The SMILES string of the molecule is Cc1ccc(CN2CC[C@@H](Nc3ccc(/C=C(\F)C(=O)NOC4CCCCO4)cn3)C2)cc1. The maximum atomic E-state index is 14.2. The molecule has 1 aromatic heterocycles. The Labute approximate surface area is 193 Å². The molecule has 2 aromatic rings. The number of hydrogen-bond donors (Lipinski definition) is 2. The fraction of sp³-hybridized carbons (Fsp3) is 0.440. The predicted molar refractivity (Wildman–Crippen MR) is 125 cm³/mol. The van der Waals surface area contributed by atoms with Crippen LogP contribution in [-0.2, 0) is 20.9 Å². The summed E-state index contributed by atoms with van der Waals surface area (Å²) in [5.41, 5.74) is 5.19. The average Bonchev–Trinajstić information content (AvgIpc) is 3.27. The first-order chi connectivity index (χ1) is 16.0. The molecule has 2 aliphatic heterocycles. The van der Waals surface area contributed by atoms with E-state index in [1.807, 2.05) is 0 Å². The number of benzene rings is 1. The van der Waals surface area contributed by atoms with Gasteiger partial charge in [0.1, 0.15) is 5.82 Å². The molecule has 8 heteroatoms. The van der Waals surface area contributed by atoms with E-state index in [-0.39, 0.29) is 0 Å². The lowest BCUT2D eigenvalue weighted by molar-refractivity contribution is -0.199. The minimum absolute atomic E-state index is 0.311. The minimum atomic E-state index is -0.948. The second-order valence-corrected chi connectivity index (χ2v) is 8.66. The van der Waals surface area contributed by atoms with Crippen molar-refractivity contribution >= 4 is 17.8 Å². The van der Waals surface area contributed by atoms with Crippen LogP contribution in [0.4, 0.5) is 10.2 Å². The van der Waals surface area contributed by atoms with Gasteiger partial charge in [-0.3, -0.25) is 9.69 Å². The number of nitrogens with zero attached hydrogens (tertiary/aromatic N) is 2. The molecule has 2 aliphatic rings. The normalized spacial score (nSPS) is 21.7. The Hall–Kier alpha value is -2.81. The van der Waals surface area contributed by atoms with Crippen molar-refractivity contribution in [1.29, 1.82) is 0 Å². The topological polar surface area (TPSA) is 75.7 Å². The van der Waals surface area contributed by atoms with Gasteiger partial charge in [-0.2, -0.15) is 0 Å². The molecule has 3 heterocycles. The summed E-state index contributed by atoms with van der Waals surface area (Å²) in [6, 6.07) is 12.5. The van der Waals surface area contributed by atoms with Crippen LogP contribution in [-0.4, -0.2) is 47.8 Å². The summed E-state index contributed by atoms with van der Waals surface area (Å²) in [4.78, 5) is 23.8. The lowest BCUT2D eigenvalue weighted by Gasteiger charge is -2.21. The molecule has 1 aromatic carbocycles. The van der Waals surface area contributed by atoms with Crippen molar-refractivity contribution in [3.63, 3.8) is 0 Å². The Morgan fingerprint density at radius 2 is 2.09 bits per heavy atom. The number of hydrogen-bond acceptors (Lipinski definition) is 6. The highest BCUT2D eigenvalue weighted by atomic mass is 19.1. The summed E-state index contributed by atoms with van der Waals surface area (Å²) in [6.07, 6.45) is 5.78. The molecule has 176 valence electrons. The fourth-order valence-corrected chi connectivity index (χ4v) is 4.01. The van der Waals surface area contributed by atoms with Crippen molar-refractivity contribution in [3.8, 4) is 0 Å². The van der Waals surface area contributed by atoms with E-state index in [9.17, 15) is 9.18 Å². The van der Waals surface area contributed by atoms with Crippen LogP contribution in [0, 0.1) is 6.92 Å². The molecule has 1 unspecified atom stereocenters. The molecule has 0 bridgehead atoms. The van der Waals surface area contributed by atoms with Crippen molar-refractivity contribution in [2.24, 2.45) is 0 Å². The third-order valence-electron chi connectivity index (χ3n) is 5.87. The van der Waals surface area contributed by atoms with Gasteiger partial charge >= 0.3 is 5.91 Å². The highest BCUT2D eigenvalue weighted by Crippen LogP contribution is 2.18. The van der Waals surface area contributed by atoms with Gasteiger partial charge in [0.05, 0.1) is 0 Å². The Morgan fingerprint density at radius 1 is 1.24 bits per heavy atom. The van der Waals surface area contributed by atoms with Crippen LogP contribution in [0.5, 0.6) is 0 Å². The third-order valence-corrected chi connectivity index (χ3v) is 5.87. The molecular formula is C25H31FN4O3. The van der Waals surface area contributed by atoms with E-state index < -0.39 is 18.0 Å². The number of nitrogens with one attached hydrogen (secondary N) is 2. The van der Waals surface area contributed by atoms with Crippen LogP contribution in [0.15, 0.2) is 48.4 Å². The van der Waals surface area contributed by atoms with E-state index in [1.54, 1.807) is 18.3 Å². The zero-order valence-corrected chi connectivity index (χ0v) is 18.9. The summed E-state index contributed by atoms with van der Waals surface area (Å²) in [7, 11) is 0. The Morgan fingerprint density at radius 3 is 2.82 bits per heavy atom. The highest BCUT2D eigenvalue weighted by Gasteiger charge is 2.22. The lowest BCUT2D eigenvalue weighted by Crippen LogP contribution is -2.33. The van der Waals surface area contributed by atoms with E-state index in [0.717, 1.165) is 50.8 Å². The Balaban J connectivity index is 1.23. The maximum absolute atomic E-state index is 14.2. The quantitative estimate of drug-likeness (QED) is 0.465. The van der Waals surface area contributed by atoms with Gasteiger partial charge in [-0.25, -0.2) is 19.7 Å². The van der Waals surface area contributed by atoms with Gasteiger partial charge in [0, 0.05) is 44.9 Å². The second kappa shape index (κ2) is 11.4. The summed E-state index contributed by atoms with van der Waals surface area (Å²) >= 11 is 0. The van der Waals surface area contributed by atoms with Crippen LogP contribution in [0.25, 0.3) is 6.08 Å². The van der Waals surface area contributed by atoms with Crippen molar-refractivity contribution in [2.45, 2.75) is 51.5 Å². The van der Waals surface area contributed by atoms with Crippen LogP contribution in [0.3, 0.4) is 0 Å². The van der Waals surface area contributed by atoms with Crippen LogP contribution in [0.2, 0.25) is 0 Å². The first-order valence-corrected chi connectivity index (χ1v) is 11.5. The summed E-state index contributed by atoms with van der Waals surface area (Å²) in [5.74, 6) is -1.15. The molecule has 4 rings (SSSR count). The molecule has 2 saturated heterocycles. The van der Waals surface area contributed by atoms with Gasteiger partial charge < -0.3 is 10.1 Å². The number of rotatable bonds is 8. The van der Waals surface area contributed by atoms with Crippen molar-refractivity contribution in [1.82, 2.24) is 15.4 Å². The van der Waals surface area contributed by atoms with E-state index in [2.05, 4.69) is 51.9 Å². The molecule has 7 nitrogen and oxygen atoms in total. The average molecular weight is 455 g/mol. The van der Waals surface area contributed by atoms with E-state index in [1.165, 1.54) is 11.1 Å². The number of hydroxylamine groups is 1. The number of aromatic nitrogens is 1. The molecule has 2 fully saturated rings. The van der Waals surface area contributed by atoms with Gasteiger partial charge in [-0.05, 0) is 55.5 Å². The highest BCUT2D eigenvalue weighted by molar-refractivity contribution is 5.94. The monoisotopic (exact) mass is 454 g/mol. The van der Waals surface area contributed by atoms with Gasteiger partial charge in [-0.15, -0.1) is 0 Å². The molecule has 2 atom stereocenters. The minimum Gasteiger partial charge on any atom is -0.366 e. The number of pyridine rings is 1. The van der Waals surface area contributed by atoms with Crippen LogP contribution in [0.1, 0.15) is 42.4 Å². The molecule has 33 heavy (non-hydrogen) atoms. The van der Waals surface area contributed by atoms with Gasteiger partial charge in [0.15, 0.2) is 12.1 Å². The molecule has 0 spiro atoms. The molecular weight excluding hydrogens is 423 g/mol. The van der Waals surface area contributed by atoms with Crippen molar-refractivity contribution < 1.29 is 18.8 Å². The van der Waals surface area contributed by atoms with E-state index in [0.29, 0.717) is 24.6 Å². The van der Waals surface area contributed by atoms with Gasteiger partial charge in [0.25, 0.3) is 0 Å².